The Kier molecular flexibility index (Phi) is 16.6. The molecule has 3 nitrogen and oxygen atoms in total. The maximum absolute atomic E-state index is 4.86. The van der Waals surface area contributed by atoms with E-state index in [-0.39, 0.29) is 0 Å². The van der Waals surface area contributed by atoms with Crippen LogP contribution in [0.2, 0.25) is 0 Å². The zero-order chi connectivity index (χ0) is 64.7. The van der Waals surface area contributed by atoms with Crippen molar-refractivity contribution in [1.82, 2.24) is 15.0 Å². The van der Waals surface area contributed by atoms with Gasteiger partial charge in [-0.15, -0.1) is 0 Å². The summed E-state index contributed by atoms with van der Waals surface area (Å²) in [7, 11) is 0. The molecule has 0 aliphatic heterocycles. The van der Waals surface area contributed by atoms with Crippen LogP contribution in [0.25, 0.3) is 156 Å². The lowest BCUT2D eigenvalue weighted by atomic mass is 9.83. The van der Waals surface area contributed by atoms with Gasteiger partial charge in [0.05, 0.1) is 17.1 Å². The fourth-order valence-electron chi connectivity index (χ4n) is 13.8. The van der Waals surface area contributed by atoms with Crippen molar-refractivity contribution in [3.05, 3.63) is 394 Å². The van der Waals surface area contributed by atoms with E-state index in [1.54, 1.807) is 0 Å². The largest absolute Gasteiger partial charge is 0.256 e. The van der Waals surface area contributed by atoms with Crippen molar-refractivity contribution in [3.8, 4) is 156 Å². The quantitative estimate of drug-likeness (QED) is 0.0968. The zero-order valence-corrected chi connectivity index (χ0v) is 53.4. The fourth-order valence-corrected chi connectivity index (χ4v) is 13.8. The number of aromatic nitrogens is 3. The molecule has 3 heterocycles. The summed E-state index contributed by atoms with van der Waals surface area (Å²) in [5.41, 5.74) is 33.5. The summed E-state index contributed by atoms with van der Waals surface area (Å²) in [6.45, 7) is 0. The van der Waals surface area contributed by atoms with E-state index in [0.717, 1.165) is 128 Å². The second-order valence-corrected chi connectivity index (χ2v) is 24.6. The number of hydrogen-bond acceptors (Lipinski definition) is 3. The molecule has 0 aliphatic rings. The van der Waals surface area contributed by atoms with Crippen molar-refractivity contribution in [2.45, 2.75) is 6.42 Å². The first-order valence-corrected chi connectivity index (χ1v) is 33.1. The molecule has 97 heavy (non-hydrogen) atoms. The molecule has 3 aromatic heterocycles. The Balaban J connectivity index is 0.894. The molecule has 0 saturated heterocycles. The minimum atomic E-state index is 0.652. The summed E-state index contributed by atoms with van der Waals surface area (Å²) in [6, 6.07) is 132. The lowest BCUT2D eigenvalue weighted by Crippen LogP contribution is -1.98. The fraction of sp³-hybridized carbons (Fsp3) is 0.0106. The van der Waals surface area contributed by atoms with Gasteiger partial charge in [0, 0.05) is 35.3 Å². The highest BCUT2D eigenvalue weighted by Crippen LogP contribution is 2.47. The number of rotatable bonds is 16. The van der Waals surface area contributed by atoms with Crippen LogP contribution in [-0.2, 0) is 6.42 Å². The Bertz CT molecular complexity index is 5230. The lowest BCUT2D eigenvalue weighted by molar-refractivity contribution is 1.20. The predicted octanol–water partition coefficient (Wildman–Crippen LogP) is 24.8. The van der Waals surface area contributed by atoms with Gasteiger partial charge in [-0.3, -0.25) is 15.0 Å². The Labute approximate surface area is 567 Å². The normalized spacial score (nSPS) is 11.1. The van der Waals surface area contributed by atoms with E-state index >= 15 is 0 Å². The van der Waals surface area contributed by atoms with Gasteiger partial charge >= 0.3 is 0 Å². The number of nitrogens with zero attached hydrogens (tertiary/aromatic N) is 3. The molecule has 16 aromatic rings. The average molecular weight is 1240 g/mol. The molecule has 456 valence electrons. The minimum Gasteiger partial charge on any atom is -0.256 e. The first-order chi connectivity index (χ1) is 48.1. The van der Waals surface area contributed by atoms with Crippen molar-refractivity contribution in [2.75, 3.05) is 0 Å². The summed E-state index contributed by atoms with van der Waals surface area (Å²) < 4.78 is 0. The summed E-state index contributed by atoms with van der Waals surface area (Å²) in [5.74, 6) is 0. The molecular formula is C94H65N3. The molecule has 13 aromatic carbocycles. The topological polar surface area (TPSA) is 38.7 Å². The van der Waals surface area contributed by atoms with Crippen molar-refractivity contribution in [2.24, 2.45) is 0 Å². The van der Waals surface area contributed by atoms with Gasteiger partial charge in [-0.25, -0.2) is 0 Å². The molecule has 0 N–H and O–H groups in total. The van der Waals surface area contributed by atoms with E-state index in [0.29, 0.717) is 6.42 Å². The summed E-state index contributed by atoms with van der Waals surface area (Å²) >= 11 is 0. The van der Waals surface area contributed by atoms with Gasteiger partial charge in [-0.1, -0.05) is 285 Å². The average Bonchev–Trinajstić information content (AvgIpc) is 0.802. The standard InChI is InChI=1S/C94H65N3/c1-4-25-66(26-5-1)69-32-22-35-73(58-69)89-62-76(92-43-16-19-52-95-92)46-49-86(89)81-38-11-10-31-72(81)55-65-56-79(82-39-12-14-41-84(82)87-50-47-77(93-44-17-20-53-96-93)63-90(87)74-36-23-33-70(59-74)67-27-6-2-7-28-67)61-80(57-65)83-40-13-15-42-85(83)88-51-48-78(94-45-18-21-54-97-94)64-91(88)75-37-24-34-71(60-75)68-29-8-3-9-30-68/h1-54,56-64H,55H2. The van der Waals surface area contributed by atoms with E-state index in [1.807, 2.05) is 36.8 Å². The van der Waals surface area contributed by atoms with E-state index in [4.69, 9.17) is 15.0 Å². The van der Waals surface area contributed by atoms with E-state index in [2.05, 4.69) is 346 Å². The van der Waals surface area contributed by atoms with Crippen LogP contribution in [0.4, 0.5) is 0 Å². The monoisotopic (exact) mass is 1240 g/mol. The highest BCUT2D eigenvalue weighted by atomic mass is 14.7. The minimum absolute atomic E-state index is 0.652. The molecule has 16 rings (SSSR count). The maximum Gasteiger partial charge on any atom is 0.0702 e. The van der Waals surface area contributed by atoms with Gasteiger partial charge in [0.1, 0.15) is 0 Å². The third-order valence-corrected chi connectivity index (χ3v) is 18.5. The van der Waals surface area contributed by atoms with E-state index < -0.39 is 0 Å². The summed E-state index contributed by atoms with van der Waals surface area (Å²) in [4.78, 5) is 14.6. The maximum atomic E-state index is 4.86. The van der Waals surface area contributed by atoms with Crippen LogP contribution in [0.3, 0.4) is 0 Å². The summed E-state index contributed by atoms with van der Waals surface area (Å²) in [5, 5.41) is 0. The van der Waals surface area contributed by atoms with Gasteiger partial charge in [0.25, 0.3) is 0 Å². The first kappa shape index (κ1) is 59.3. The van der Waals surface area contributed by atoms with Crippen molar-refractivity contribution >= 4 is 0 Å². The second-order valence-electron chi connectivity index (χ2n) is 24.6. The van der Waals surface area contributed by atoms with Crippen LogP contribution in [0.5, 0.6) is 0 Å². The molecule has 0 atom stereocenters. The zero-order valence-electron chi connectivity index (χ0n) is 53.4. The second kappa shape index (κ2) is 27.1. The molecule has 3 heteroatoms. The van der Waals surface area contributed by atoms with Crippen LogP contribution in [-0.4, -0.2) is 15.0 Å². The highest BCUT2D eigenvalue weighted by molar-refractivity contribution is 5.98. The third kappa shape index (κ3) is 12.6. The number of hydrogen-bond donors (Lipinski definition) is 0. The Morgan fingerprint density at radius 2 is 0.443 bits per heavy atom. The van der Waals surface area contributed by atoms with E-state index in [1.165, 1.54) is 38.9 Å². The number of benzene rings is 13. The summed E-state index contributed by atoms with van der Waals surface area (Å²) in [6.07, 6.45) is 6.28. The molecule has 0 amide bonds. The first-order valence-electron chi connectivity index (χ1n) is 33.1. The third-order valence-electron chi connectivity index (χ3n) is 18.5. The molecule has 0 bridgehead atoms. The van der Waals surface area contributed by atoms with Gasteiger partial charge < -0.3 is 0 Å². The van der Waals surface area contributed by atoms with Crippen LogP contribution in [0, 0.1) is 0 Å². The van der Waals surface area contributed by atoms with Crippen molar-refractivity contribution < 1.29 is 0 Å². The Morgan fingerprint density at radius 3 is 0.814 bits per heavy atom. The van der Waals surface area contributed by atoms with Crippen LogP contribution in [0.1, 0.15) is 11.1 Å². The van der Waals surface area contributed by atoms with Gasteiger partial charge in [0.15, 0.2) is 0 Å². The molecule has 0 fully saturated rings. The lowest BCUT2D eigenvalue weighted by Gasteiger charge is -2.20. The highest BCUT2D eigenvalue weighted by Gasteiger charge is 2.22. The van der Waals surface area contributed by atoms with Crippen molar-refractivity contribution in [3.63, 3.8) is 0 Å². The molecular weight excluding hydrogens is 1170 g/mol. The predicted molar refractivity (Wildman–Crippen MR) is 405 cm³/mol. The Hall–Kier alpha value is -12.7. The van der Waals surface area contributed by atoms with Crippen LogP contribution >= 0.6 is 0 Å². The SMILES string of the molecule is c1ccc(-c2cccc(-c3cc(-c4ccccn4)ccc3-c3ccccc3Cc3cc(-c4ccccc4-c4ccc(-c5ccccn5)cc4-c4cccc(-c5ccccc5)c4)cc(-c4ccccc4-c4ccc(-c5ccccn5)cc4-c4cccc(-c5ccccc5)c4)c3)c2)cc1. The van der Waals surface area contributed by atoms with Gasteiger partial charge in [-0.2, -0.15) is 0 Å². The van der Waals surface area contributed by atoms with Crippen LogP contribution in [0.15, 0.2) is 383 Å². The molecule has 0 aliphatic carbocycles. The number of pyridine rings is 3. The van der Waals surface area contributed by atoms with Gasteiger partial charge in [0.2, 0.25) is 0 Å². The molecule has 0 unspecified atom stereocenters. The molecule has 0 saturated carbocycles. The smallest absolute Gasteiger partial charge is 0.0702 e. The van der Waals surface area contributed by atoms with Crippen molar-refractivity contribution in [1.29, 1.82) is 0 Å². The van der Waals surface area contributed by atoms with Gasteiger partial charge in [-0.05, 0) is 219 Å². The molecule has 0 radical (unpaired) electrons. The van der Waals surface area contributed by atoms with E-state index in [9.17, 15) is 0 Å². The Morgan fingerprint density at radius 1 is 0.155 bits per heavy atom. The van der Waals surface area contributed by atoms with Crippen LogP contribution < -0.4 is 0 Å². The molecule has 0 spiro atoms.